The molecule has 0 aliphatic heterocycles. The van der Waals surface area contributed by atoms with Gasteiger partial charge in [-0.15, -0.1) is 11.6 Å². The quantitative estimate of drug-likeness (QED) is 0.681. The van der Waals surface area contributed by atoms with Crippen molar-refractivity contribution in [3.05, 3.63) is 18.0 Å². The first-order chi connectivity index (χ1) is 4.84. The lowest BCUT2D eigenvalue weighted by molar-refractivity contribution is 0.164. The number of hydrogen-bond acceptors (Lipinski definition) is 3. The van der Waals surface area contributed by atoms with Crippen LogP contribution in [-0.4, -0.2) is 16.1 Å². The molecule has 1 atom stereocenters. The highest BCUT2D eigenvalue weighted by atomic mass is 35.5. The fraction of sp³-hybridized carbons (Fsp3) is 0.500. The van der Waals surface area contributed by atoms with Crippen LogP contribution in [0.4, 0.5) is 0 Å². The molecular weight excluding hydrogens is 154 g/mol. The third-order valence-electron chi connectivity index (χ3n) is 1.18. The second-order valence-electron chi connectivity index (χ2n) is 1.92. The molecule has 0 aromatic carbocycles. The van der Waals surface area contributed by atoms with E-state index in [1.165, 1.54) is 6.26 Å². The fourth-order valence-electron chi connectivity index (χ4n) is 0.645. The molecule has 0 bridgehead atoms. The molecule has 0 spiro atoms. The number of alkyl halides is 1. The van der Waals surface area contributed by atoms with Crippen LogP contribution in [-0.2, 0) is 0 Å². The molecule has 0 unspecified atom stereocenters. The maximum absolute atomic E-state index is 9.20. The van der Waals surface area contributed by atoms with Gasteiger partial charge in [0.05, 0.1) is 0 Å². The molecule has 0 radical (unpaired) electrons. The Hall–Kier alpha value is -0.540. The van der Waals surface area contributed by atoms with Gasteiger partial charge in [-0.05, 0) is 6.42 Å². The summed E-state index contributed by atoms with van der Waals surface area (Å²) < 4.78 is 4.53. The van der Waals surface area contributed by atoms with Crippen LogP contribution >= 0.6 is 11.6 Å². The molecule has 0 saturated heterocycles. The molecule has 10 heavy (non-hydrogen) atoms. The zero-order chi connectivity index (χ0) is 7.40. The summed E-state index contributed by atoms with van der Waals surface area (Å²) in [7, 11) is 0. The number of aromatic nitrogens is 1. The van der Waals surface area contributed by atoms with Crippen molar-refractivity contribution in [2.24, 2.45) is 0 Å². The molecule has 3 nitrogen and oxygen atoms in total. The van der Waals surface area contributed by atoms with Gasteiger partial charge in [-0.25, -0.2) is 0 Å². The van der Waals surface area contributed by atoms with Crippen molar-refractivity contribution >= 4 is 11.6 Å². The molecule has 0 saturated carbocycles. The maximum atomic E-state index is 9.20. The van der Waals surface area contributed by atoms with E-state index < -0.39 is 6.10 Å². The predicted molar refractivity (Wildman–Crippen MR) is 36.8 cm³/mol. The Balaban J connectivity index is 2.50. The van der Waals surface area contributed by atoms with Crippen molar-refractivity contribution in [2.45, 2.75) is 12.5 Å². The van der Waals surface area contributed by atoms with Crippen LogP contribution in [0.3, 0.4) is 0 Å². The van der Waals surface area contributed by atoms with Crippen LogP contribution in [0.2, 0.25) is 0 Å². The van der Waals surface area contributed by atoms with E-state index in [9.17, 15) is 5.11 Å². The van der Waals surface area contributed by atoms with Crippen molar-refractivity contribution in [3.63, 3.8) is 0 Å². The van der Waals surface area contributed by atoms with Crippen LogP contribution in [0.15, 0.2) is 16.9 Å². The van der Waals surface area contributed by atoms with Crippen LogP contribution in [0.1, 0.15) is 18.2 Å². The summed E-state index contributed by atoms with van der Waals surface area (Å²) in [5.74, 6) is 0.425. The van der Waals surface area contributed by atoms with Crippen molar-refractivity contribution in [1.29, 1.82) is 0 Å². The summed E-state index contributed by atoms with van der Waals surface area (Å²) in [6.45, 7) is 0. The topological polar surface area (TPSA) is 46.3 Å². The zero-order valence-corrected chi connectivity index (χ0v) is 6.08. The Kier molecular flexibility index (Phi) is 2.71. The average molecular weight is 162 g/mol. The summed E-state index contributed by atoms with van der Waals surface area (Å²) in [5, 5.41) is 12.8. The first kappa shape index (κ1) is 7.57. The second-order valence-corrected chi connectivity index (χ2v) is 2.30. The summed E-state index contributed by atoms with van der Waals surface area (Å²) in [6, 6.07) is 1.62. The number of hydrogen-bond donors (Lipinski definition) is 1. The highest BCUT2D eigenvalue weighted by Crippen LogP contribution is 2.13. The molecule has 1 aromatic heterocycles. The summed E-state index contributed by atoms with van der Waals surface area (Å²) in [5.41, 5.74) is 0.542. The van der Waals surface area contributed by atoms with Gasteiger partial charge in [0, 0.05) is 11.9 Å². The van der Waals surface area contributed by atoms with E-state index in [2.05, 4.69) is 9.68 Å². The minimum Gasteiger partial charge on any atom is -0.387 e. The number of aliphatic hydroxyl groups excluding tert-OH is 1. The van der Waals surface area contributed by atoms with E-state index >= 15 is 0 Å². The summed E-state index contributed by atoms with van der Waals surface area (Å²) >= 11 is 5.39. The molecule has 56 valence electrons. The van der Waals surface area contributed by atoms with Gasteiger partial charge < -0.3 is 9.63 Å². The molecule has 1 N–H and O–H groups in total. The van der Waals surface area contributed by atoms with E-state index in [1.807, 2.05) is 0 Å². The van der Waals surface area contributed by atoms with Gasteiger partial charge in [-0.2, -0.15) is 0 Å². The highest BCUT2D eigenvalue weighted by molar-refractivity contribution is 6.17. The van der Waals surface area contributed by atoms with E-state index in [1.54, 1.807) is 6.07 Å². The van der Waals surface area contributed by atoms with E-state index in [0.717, 1.165) is 0 Å². The number of aliphatic hydroxyl groups is 1. The van der Waals surface area contributed by atoms with Gasteiger partial charge in [0.25, 0.3) is 0 Å². The lowest BCUT2D eigenvalue weighted by atomic mass is 10.2. The smallest absolute Gasteiger partial charge is 0.124 e. The van der Waals surface area contributed by atoms with E-state index in [-0.39, 0.29) is 0 Å². The van der Waals surface area contributed by atoms with Crippen molar-refractivity contribution in [1.82, 2.24) is 5.16 Å². The van der Waals surface area contributed by atoms with Crippen LogP contribution in [0, 0.1) is 0 Å². The lowest BCUT2D eigenvalue weighted by Gasteiger charge is -2.01. The fourth-order valence-corrected chi connectivity index (χ4v) is 0.852. The van der Waals surface area contributed by atoms with Crippen molar-refractivity contribution in [3.8, 4) is 0 Å². The third-order valence-corrected chi connectivity index (χ3v) is 1.40. The van der Waals surface area contributed by atoms with Gasteiger partial charge in [-0.1, -0.05) is 5.16 Å². The van der Waals surface area contributed by atoms with Crippen LogP contribution < -0.4 is 0 Å². The molecule has 1 aromatic rings. The van der Waals surface area contributed by atoms with Gasteiger partial charge in [0.2, 0.25) is 0 Å². The molecule has 0 amide bonds. The number of rotatable bonds is 3. The van der Waals surface area contributed by atoms with Gasteiger partial charge >= 0.3 is 0 Å². The van der Waals surface area contributed by atoms with Crippen LogP contribution in [0.25, 0.3) is 0 Å². The van der Waals surface area contributed by atoms with E-state index in [0.29, 0.717) is 18.0 Å². The molecule has 0 aliphatic rings. The van der Waals surface area contributed by atoms with Crippen LogP contribution in [0.5, 0.6) is 0 Å². The van der Waals surface area contributed by atoms with Crippen molar-refractivity contribution < 1.29 is 9.63 Å². The SMILES string of the molecule is O[C@@H](CCCl)c1ccon1. The standard InChI is InChI=1S/C6H8ClNO2/c7-3-1-6(9)5-2-4-10-8-5/h2,4,6,9H,1,3H2/t6-/m0/s1. The Bertz CT molecular complexity index is 176. The Labute approximate surface area is 63.6 Å². The molecular formula is C6H8ClNO2. The maximum Gasteiger partial charge on any atom is 0.124 e. The van der Waals surface area contributed by atoms with Crippen molar-refractivity contribution in [2.75, 3.05) is 5.88 Å². The molecule has 0 aliphatic carbocycles. The average Bonchev–Trinajstić information content (AvgIpc) is 2.38. The second kappa shape index (κ2) is 3.58. The monoisotopic (exact) mass is 161 g/mol. The zero-order valence-electron chi connectivity index (χ0n) is 5.33. The lowest BCUT2D eigenvalue weighted by Crippen LogP contribution is -1.97. The number of halogens is 1. The normalized spacial score (nSPS) is 13.4. The number of nitrogens with zero attached hydrogens (tertiary/aromatic N) is 1. The molecule has 1 heterocycles. The minimum absolute atomic E-state index is 0.425. The summed E-state index contributed by atoms with van der Waals surface area (Å²) in [4.78, 5) is 0. The third kappa shape index (κ3) is 1.72. The predicted octanol–water partition coefficient (Wildman–Crippen LogP) is 1.34. The minimum atomic E-state index is -0.587. The van der Waals surface area contributed by atoms with Gasteiger partial charge in [0.1, 0.15) is 18.1 Å². The largest absolute Gasteiger partial charge is 0.387 e. The summed E-state index contributed by atoms with van der Waals surface area (Å²) in [6.07, 6.45) is 1.34. The van der Waals surface area contributed by atoms with Gasteiger partial charge in [-0.3, -0.25) is 0 Å². The Morgan fingerprint density at radius 1 is 1.80 bits per heavy atom. The highest BCUT2D eigenvalue weighted by Gasteiger charge is 2.08. The Morgan fingerprint density at radius 2 is 2.60 bits per heavy atom. The first-order valence-corrected chi connectivity index (χ1v) is 3.52. The van der Waals surface area contributed by atoms with E-state index in [4.69, 9.17) is 11.6 Å². The Morgan fingerprint density at radius 3 is 3.10 bits per heavy atom. The molecule has 1 rings (SSSR count). The first-order valence-electron chi connectivity index (χ1n) is 2.99. The molecule has 0 fully saturated rings. The molecule has 4 heteroatoms. The van der Waals surface area contributed by atoms with Gasteiger partial charge in [0.15, 0.2) is 0 Å².